The van der Waals surface area contributed by atoms with E-state index < -0.39 is 0 Å². The van der Waals surface area contributed by atoms with Crippen LogP contribution in [-0.4, -0.2) is 37.6 Å². The van der Waals surface area contributed by atoms with E-state index in [4.69, 9.17) is 0 Å². The number of piperidine rings is 1. The van der Waals surface area contributed by atoms with E-state index in [9.17, 15) is 4.79 Å². The van der Waals surface area contributed by atoms with Gasteiger partial charge in [0.05, 0.1) is 0 Å². The van der Waals surface area contributed by atoms with Crippen LogP contribution >= 0.6 is 0 Å². The Morgan fingerprint density at radius 1 is 1.36 bits per heavy atom. The third-order valence-electron chi connectivity index (χ3n) is 3.47. The van der Waals surface area contributed by atoms with E-state index in [2.05, 4.69) is 10.7 Å². The fourth-order valence-corrected chi connectivity index (χ4v) is 2.61. The molecule has 2 N–H and O–H groups in total. The predicted molar refractivity (Wildman–Crippen MR) is 54.5 cm³/mol. The first-order valence-electron chi connectivity index (χ1n) is 5.52. The van der Waals surface area contributed by atoms with Gasteiger partial charge in [-0.05, 0) is 38.3 Å². The average Bonchev–Trinajstić information content (AvgIpc) is 2.61. The molecule has 2 heterocycles. The van der Waals surface area contributed by atoms with Crippen molar-refractivity contribution >= 4 is 5.91 Å². The number of nitrogens with one attached hydrogen (secondary N) is 2. The van der Waals surface area contributed by atoms with E-state index in [0.717, 1.165) is 38.9 Å². The maximum atomic E-state index is 11.9. The molecule has 1 atom stereocenters. The van der Waals surface area contributed by atoms with E-state index in [1.807, 2.05) is 7.05 Å². The number of nitrogens with zero attached hydrogens (tertiary/aromatic N) is 1. The van der Waals surface area contributed by atoms with E-state index in [1.165, 1.54) is 0 Å². The molecule has 2 fully saturated rings. The van der Waals surface area contributed by atoms with Crippen LogP contribution in [0, 0.1) is 11.8 Å². The Bertz CT molecular complexity index is 213. The lowest BCUT2D eigenvalue weighted by Gasteiger charge is -2.26. The van der Waals surface area contributed by atoms with Gasteiger partial charge in [-0.15, -0.1) is 0 Å². The Labute approximate surface area is 85.0 Å². The number of hydrogen-bond donors (Lipinski definition) is 2. The van der Waals surface area contributed by atoms with Gasteiger partial charge in [-0.1, -0.05) is 0 Å². The summed E-state index contributed by atoms with van der Waals surface area (Å²) in [6, 6.07) is 0. The highest BCUT2D eigenvalue weighted by Crippen LogP contribution is 2.30. The molecule has 1 unspecified atom stereocenters. The molecule has 0 aromatic carbocycles. The number of rotatable bonds is 2. The second-order valence-corrected chi connectivity index (χ2v) is 4.20. The Hall–Kier alpha value is -0.610. The lowest BCUT2D eigenvalue weighted by Crippen LogP contribution is -2.40. The van der Waals surface area contributed by atoms with Gasteiger partial charge in [0.15, 0.2) is 0 Å². The SMILES string of the molecule is CNN1CCC(C2CCNCC2)C1=O. The highest BCUT2D eigenvalue weighted by Gasteiger charge is 2.36. The third-order valence-corrected chi connectivity index (χ3v) is 3.47. The van der Waals surface area contributed by atoms with Crippen molar-refractivity contribution < 1.29 is 4.79 Å². The molecule has 0 aromatic heterocycles. The maximum Gasteiger partial charge on any atom is 0.240 e. The summed E-state index contributed by atoms with van der Waals surface area (Å²) in [4.78, 5) is 11.9. The fraction of sp³-hybridized carbons (Fsp3) is 0.900. The molecule has 4 heteroatoms. The largest absolute Gasteiger partial charge is 0.317 e. The summed E-state index contributed by atoms with van der Waals surface area (Å²) in [5.41, 5.74) is 2.95. The summed E-state index contributed by atoms with van der Waals surface area (Å²) < 4.78 is 0. The smallest absolute Gasteiger partial charge is 0.240 e. The minimum Gasteiger partial charge on any atom is -0.317 e. The Morgan fingerprint density at radius 2 is 2.07 bits per heavy atom. The predicted octanol–water partition coefficient (Wildman–Crippen LogP) is -0.0311. The zero-order valence-electron chi connectivity index (χ0n) is 8.75. The van der Waals surface area contributed by atoms with Crippen LogP contribution in [0.5, 0.6) is 0 Å². The summed E-state index contributed by atoms with van der Waals surface area (Å²) >= 11 is 0. The highest BCUT2D eigenvalue weighted by atomic mass is 16.2. The van der Waals surface area contributed by atoms with Gasteiger partial charge in [0.2, 0.25) is 5.91 Å². The van der Waals surface area contributed by atoms with Crippen molar-refractivity contribution in [1.29, 1.82) is 0 Å². The van der Waals surface area contributed by atoms with Gasteiger partial charge in [-0.3, -0.25) is 9.80 Å². The van der Waals surface area contributed by atoms with Crippen LogP contribution in [0.25, 0.3) is 0 Å². The molecule has 2 saturated heterocycles. The number of carbonyl (C=O) groups is 1. The first-order chi connectivity index (χ1) is 6.83. The van der Waals surface area contributed by atoms with Gasteiger partial charge in [-0.2, -0.15) is 0 Å². The van der Waals surface area contributed by atoms with Crippen molar-refractivity contribution in [2.24, 2.45) is 11.8 Å². The summed E-state index contributed by atoms with van der Waals surface area (Å²) in [5, 5.41) is 5.09. The number of carbonyl (C=O) groups excluding carboxylic acids is 1. The maximum absolute atomic E-state index is 11.9. The van der Waals surface area contributed by atoms with E-state index >= 15 is 0 Å². The zero-order chi connectivity index (χ0) is 9.97. The Morgan fingerprint density at radius 3 is 2.64 bits per heavy atom. The van der Waals surface area contributed by atoms with Gasteiger partial charge in [0.1, 0.15) is 0 Å². The number of hydrazine groups is 1. The third kappa shape index (κ3) is 1.77. The molecule has 2 aliphatic rings. The second kappa shape index (κ2) is 4.28. The summed E-state index contributed by atoms with van der Waals surface area (Å²) in [6.07, 6.45) is 3.35. The van der Waals surface area contributed by atoms with E-state index in [0.29, 0.717) is 11.8 Å². The minimum absolute atomic E-state index is 0.282. The molecular formula is C10H19N3O. The molecule has 0 radical (unpaired) electrons. The monoisotopic (exact) mass is 197 g/mol. The van der Waals surface area contributed by atoms with Crippen LogP contribution in [0.15, 0.2) is 0 Å². The normalized spacial score (nSPS) is 29.9. The molecule has 0 saturated carbocycles. The quantitative estimate of drug-likeness (QED) is 0.653. The summed E-state index contributed by atoms with van der Waals surface area (Å²) in [5.74, 6) is 1.20. The van der Waals surface area contributed by atoms with Crippen LogP contribution in [0.3, 0.4) is 0 Å². The molecule has 0 aliphatic carbocycles. The van der Waals surface area contributed by atoms with Crippen molar-refractivity contribution in [1.82, 2.24) is 15.8 Å². The van der Waals surface area contributed by atoms with Gasteiger partial charge in [0.25, 0.3) is 0 Å². The highest BCUT2D eigenvalue weighted by molar-refractivity contribution is 5.80. The number of hydrogen-bond acceptors (Lipinski definition) is 3. The second-order valence-electron chi connectivity index (χ2n) is 4.20. The van der Waals surface area contributed by atoms with Crippen molar-refractivity contribution in [3.63, 3.8) is 0 Å². The zero-order valence-corrected chi connectivity index (χ0v) is 8.75. The van der Waals surface area contributed by atoms with Crippen LogP contribution in [-0.2, 0) is 4.79 Å². The van der Waals surface area contributed by atoms with Crippen LogP contribution in [0.1, 0.15) is 19.3 Å². The molecular weight excluding hydrogens is 178 g/mol. The van der Waals surface area contributed by atoms with Gasteiger partial charge in [0, 0.05) is 19.5 Å². The lowest BCUT2D eigenvalue weighted by molar-refractivity contribution is -0.134. The molecule has 0 bridgehead atoms. The summed E-state index contributed by atoms with van der Waals surface area (Å²) in [7, 11) is 1.82. The van der Waals surface area contributed by atoms with Crippen molar-refractivity contribution in [3.8, 4) is 0 Å². The molecule has 2 aliphatic heterocycles. The summed E-state index contributed by atoms with van der Waals surface area (Å²) in [6.45, 7) is 3.03. The first-order valence-corrected chi connectivity index (χ1v) is 5.52. The molecule has 4 nitrogen and oxygen atoms in total. The van der Waals surface area contributed by atoms with Crippen molar-refractivity contribution in [2.45, 2.75) is 19.3 Å². The van der Waals surface area contributed by atoms with Gasteiger partial charge >= 0.3 is 0 Å². The van der Waals surface area contributed by atoms with E-state index in [-0.39, 0.29) is 5.92 Å². The standard InChI is InChI=1S/C10H19N3O/c1-11-13-7-4-9(10(13)14)8-2-5-12-6-3-8/h8-9,11-12H,2-7H2,1H3. The minimum atomic E-state index is 0.282. The lowest BCUT2D eigenvalue weighted by atomic mass is 9.84. The number of amides is 1. The van der Waals surface area contributed by atoms with Crippen molar-refractivity contribution in [2.75, 3.05) is 26.7 Å². The van der Waals surface area contributed by atoms with Gasteiger partial charge < -0.3 is 5.32 Å². The molecule has 0 spiro atoms. The van der Waals surface area contributed by atoms with Crippen LogP contribution < -0.4 is 10.7 Å². The molecule has 2 rings (SSSR count). The first kappa shape index (κ1) is 9.93. The molecule has 80 valence electrons. The van der Waals surface area contributed by atoms with Crippen molar-refractivity contribution in [3.05, 3.63) is 0 Å². The van der Waals surface area contributed by atoms with Crippen LogP contribution in [0.4, 0.5) is 0 Å². The van der Waals surface area contributed by atoms with Gasteiger partial charge in [-0.25, -0.2) is 5.43 Å². The van der Waals surface area contributed by atoms with Crippen LogP contribution in [0.2, 0.25) is 0 Å². The molecule has 14 heavy (non-hydrogen) atoms. The molecule has 1 amide bonds. The van der Waals surface area contributed by atoms with E-state index in [1.54, 1.807) is 5.01 Å². The Kier molecular flexibility index (Phi) is 3.03. The Balaban J connectivity index is 1.94. The topological polar surface area (TPSA) is 44.4 Å². The average molecular weight is 197 g/mol. The molecule has 0 aromatic rings. The fourth-order valence-electron chi connectivity index (χ4n) is 2.61.